The van der Waals surface area contributed by atoms with E-state index in [-0.39, 0.29) is 10.6 Å². The van der Waals surface area contributed by atoms with Gasteiger partial charge < -0.3 is 10.2 Å². The van der Waals surface area contributed by atoms with Gasteiger partial charge in [0.2, 0.25) is 0 Å². The number of hydrogen-bond donors (Lipinski definition) is 1. The normalized spacial score (nSPS) is 26.7. The van der Waals surface area contributed by atoms with Crippen LogP contribution in [-0.4, -0.2) is 31.1 Å². The Morgan fingerprint density at radius 1 is 1.20 bits per heavy atom. The number of nitro groups is 1. The molecule has 20 heavy (non-hydrogen) atoms. The molecular weight excluding hydrogens is 254 g/mol. The predicted molar refractivity (Wildman–Crippen MR) is 79.1 cm³/mol. The highest BCUT2D eigenvalue weighted by atomic mass is 16.6. The maximum atomic E-state index is 10.7. The molecule has 5 nitrogen and oxygen atoms in total. The molecule has 2 saturated heterocycles. The summed E-state index contributed by atoms with van der Waals surface area (Å²) in [5.41, 5.74) is 1.68. The third-order valence-corrected chi connectivity index (χ3v) is 4.65. The molecule has 108 valence electrons. The molecule has 0 amide bonds. The van der Waals surface area contributed by atoms with Gasteiger partial charge in [0.15, 0.2) is 0 Å². The average Bonchev–Trinajstić information content (AvgIpc) is 2.48. The van der Waals surface area contributed by atoms with Crippen LogP contribution in [0.3, 0.4) is 0 Å². The fourth-order valence-electron chi connectivity index (χ4n) is 3.59. The lowest BCUT2D eigenvalue weighted by Crippen LogP contribution is -2.51. The SMILES string of the molecule is O=[N+]([O-])c1ccc(N2CCCC3(CCCNC3)C2)cc1. The highest BCUT2D eigenvalue weighted by molar-refractivity contribution is 5.51. The molecule has 1 spiro atoms. The molecule has 1 aromatic carbocycles. The van der Waals surface area contributed by atoms with Crippen LogP contribution in [0.15, 0.2) is 24.3 Å². The van der Waals surface area contributed by atoms with Crippen molar-refractivity contribution in [3.05, 3.63) is 34.4 Å². The van der Waals surface area contributed by atoms with E-state index in [1.807, 2.05) is 12.1 Å². The number of nitrogens with one attached hydrogen (secondary N) is 1. The Labute approximate surface area is 119 Å². The lowest BCUT2D eigenvalue weighted by molar-refractivity contribution is -0.384. The van der Waals surface area contributed by atoms with Crippen LogP contribution in [0, 0.1) is 15.5 Å². The van der Waals surface area contributed by atoms with Gasteiger partial charge in [-0.05, 0) is 44.4 Å². The Kier molecular flexibility index (Phi) is 3.61. The summed E-state index contributed by atoms with van der Waals surface area (Å²) >= 11 is 0. The van der Waals surface area contributed by atoms with Crippen molar-refractivity contribution in [1.29, 1.82) is 0 Å². The van der Waals surface area contributed by atoms with Crippen molar-refractivity contribution in [2.24, 2.45) is 5.41 Å². The van der Waals surface area contributed by atoms with Crippen LogP contribution in [0.2, 0.25) is 0 Å². The maximum absolute atomic E-state index is 10.7. The molecule has 2 heterocycles. The van der Waals surface area contributed by atoms with E-state index >= 15 is 0 Å². The number of non-ortho nitro benzene ring substituents is 1. The Hall–Kier alpha value is -1.62. The Bertz CT molecular complexity index is 475. The van der Waals surface area contributed by atoms with Crippen molar-refractivity contribution >= 4 is 11.4 Å². The molecule has 0 aromatic heterocycles. The molecule has 1 aromatic rings. The molecule has 1 unspecified atom stereocenters. The number of anilines is 1. The van der Waals surface area contributed by atoms with Gasteiger partial charge in [-0.15, -0.1) is 0 Å². The second-order valence-corrected chi connectivity index (χ2v) is 6.08. The van der Waals surface area contributed by atoms with E-state index in [1.165, 1.54) is 25.7 Å². The van der Waals surface area contributed by atoms with Gasteiger partial charge in [0.1, 0.15) is 0 Å². The zero-order valence-electron chi connectivity index (χ0n) is 11.7. The van der Waals surface area contributed by atoms with Gasteiger partial charge in [-0.3, -0.25) is 10.1 Å². The van der Waals surface area contributed by atoms with Crippen LogP contribution in [0.5, 0.6) is 0 Å². The van der Waals surface area contributed by atoms with Crippen molar-refractivity contribution in [2.45, 2.75) is 25.7 Å². The summed E-state index contributed by atoms with van der Waals surface area (Å²) in [5, 5.41) is 14.2. The maximum Gasteiger partial charge on any atom is 0.269 e. The first-order valence-electron chi connectivity index (χ1n) is 7.39. The van der Waals surface area contributed by atoms with Gasteiger partial charge in [-0.25, -0.2) is 0 Å². The second-order valence-electron chi connectivity index (χ2n) is 6.08. The highest BCUT2D eigenvalue weighted by Crippen LogP contribution is 2.37. The van der Waals surface area contributed by atoms with Crippen molar-refractivity contribution in [3.63, 3.8) is 0 Å². The number of hydrogen-bond acceptors (Lipinski definition) is 4. The first-order valence-corrected chi connectivity index (χ1v) is 7.39. The average molecular weight is 275 g/mol. The zero-order chi connectivity index (χ0) is 14.0. The first kappa shape index (κ1) is 13.4. The summed E-state index contributed by atoms with van der Waals surface area (Å²) in [4.78, 5) is 12.8. The van der Waals surface area contributed by atoms with E-state index in [0.29, 0.717) is 5.41 Å². The van der Waals surface area contributed by atoms with Gasteiger partial charge in [0, 0.05) is 42.9 Å². The van der Waals surface area contributed by atoms with Crippen molar-refractivity contribution < 1.29 is 4.92 Å². The minimum Gasteiger partial charge on any atom is -0.371 e. The summed E-state index contributed by atoms with van der Waals surface area (Å²) in [7, 11) is 0. The molecule has 0 radical (unpaired) electrons. The van der Waals surface area contributed by atoms with Crippen LogP contribution in [-0.2, 0) is 0 Å². The standard InChI is InChI=1S/C15H21N3O2/c19-18(20)14-5-3-13(4-6-14)17-10-2-8-15(12-17)7-1-9-16-11-15/h3-6,16H,1-2,7-12H2. The van der Waals surface area contributed by atoms with Crippen LogP contribution in [0.25, 0.3) is 0 Å². The van der Waals surface area contributed by atoms with Gasteiger partial charge in [-0.2, -0.15) is 0 Å². The monoisotopic (exact) mass is 275 g/mol. The number of nitro benzene ring substituents is 1. The predicted octanol–water partition coefficient (Wildman–Crippen LogP) is 2.56. The quantitative estimate of drug-likeness (QED) is 0.665. The smallest absolute Gasteiger partial charge is 0.269 e. The summed E-state index contributed by atoms with van der Waals surface area (Å²) in [6.45, 7) is 4.37. The topological polar surface area (TPSA) is 58.4 Å². The highest BCUT2D eigenvalue weighted by Gasteiger charge is 2.36. The minimum absolute atomic E-state index is 0.166. The van der Waals surface area contributed by atoms with Crippen molar-refractivity contribution in [2.75, 3.05) is 31.1 Å². The fraction of sp³-hybridized carbons (Fsp3) is 0.600. The van der Waals surface area contributed by atoms with E-state index in [9.17, 15) is 10.1 Å². The van der Waals surface area contributed by atoms with E-state index in [4.69, 9.17) is 0 Å². The third-order valence-electron chi connectivity index (χ3n) is 4.65. The minimum atomic E-state index is -0.341. The number of nitrogens with zero attached hydrogens (tertiary/aromatic N) is 2. The lowest BCUT2D eigenvalue weighted by atomic mass is 9.74. The number of benzene rings is 1. The summed E-state index contributed by atoms with van der Waals surface area (Å²) < 4.78 is 0. The lowest BCUT2D eigenvalue weighted by Gasteiger charge is -2.46. The molecule has 2 aliphatic rings. The van der Waals surface area contributed by atoms with Gasteiger partial charge in [0.05, 0.1) is 4.92 Å². The Balaban J connectivity index is 1.74. The molecule has 1 N–H and O–H groups in total. The van der Waals surface area contributed by atoms with E-state index < -0.39 is 0 Å². The van der Waals surface area contributed by atoms with Gasteiger partial charge in [0.25, 0.3) is 5.69 Å². The summed E-state index contributed by atoms with van der Waals surface area (Å²) in [5.74, 6) is 0. The van der Waals surface area contributed by atoms with Crippen LogP contribution in [0.4, 0.5) is 11.4 Å². The Morgan fingerprint density at radius 3 is 2.60 bits per heavy atom. The molecule has 2 aliphatic heterocycles. The molecule has 2 fully saturated rings. The van der Waals surface area contributed by atoms with E-state index in [0.717, 1.165) is 31.9 Å². The van der Waals surface area contributed by atoms with Crippen LogP contribution >= 0.6 is 0 Å². The molecular formula is C15H21N3O2. The third kappa shape index (κ3) is 2.63. The molecule has 3 rings (SSSR count). The number of rotatable bonds is 2. The van der Waals surface area contributed by atoms with E-state index in [1.54, 1.807) is 12.1 Å². The van der Waals surface area contributed by atoms with Crippen molar-refractivity contribution in [1.82, 2.24) is 5.32 Å². The first-order chi connectivity index (χ1) is 9.69. The van der Waals surface area contributed by atoms with Crippen LogP contribution < -0.4 is 10.2 Å². The summed E-state index contributed by atoms with van der Waals surface area (Å²) in [6.07, 6.45) is 5.06. The molecule has 0 bridgehead atoms. The van der Waals surface area contributed by atoms with Gasteiger partial charge >= 0.3 is 0 Å². The van der Waals surface area contributed by atoms with E-state index in [2.05, 4.69) is 10.2 Å². The largest absolute Gasteiger partial charge is 0.371 e. The van der Waals surface area contributed by atoms with Crippen LogP contribution in [0.1, 0.15) is 25.7 Å². The zero-order valence-corrected chi connectivity index (χ0v) is 11.7. The molecule has 5 heteroatoms. The molecule has 1 atom stereocenters. The molecule has 0 saturated carbocycles. The molecule has 0 aliphatic carbocycles. The van der Waals surface area contributed by atoms with Crippen molar-refractivity contribution in [3.8, 4) is 0 Å². The van der Waals surface area contributed by atoms with Gasteiger partial charge in [-0.1, -0.05) is 0 Å². The Morgan fingerprint density at radius 2 is 1.95 bits per heavy atom. The fourth-order valence-corrected chi connectivity index (χ4v) is 3.59. The summed E-state index contributed by atoms with van der Waals surface area (Å²) in [6, 6.07) is 6.98. The second kappa shape index (κ2) is 5.40. The number of piperidine rings is 2.